The molecule has 0 radical (unpaired) electrons. The highest BCUT2D eigenvalue weighted by Crippen LogP contribution is 2.17. The van der Waals surface area contributed by atoms with Crippen molar-refractivity contribution >= 4 is 5.91 Å². The second kappa shape index (κ2) is 48.8. The highest BCUT2D eigenvalue weighted by atomic mass is 16.3. The van der Waals surface area contributed by atoms with Crippen molar-refractivity contribution in [2.45, 2.75) is 308 Å². The number of unbranched alkanes of at least 4 members (excludes halogenated alkanes) is 36. The minimum atomic E-state index is -1.28. The fourth-order valence-electron chi connectivity index (χ4n) is 8.40. The van der Waals surface area contributed by atoms with Crippen molar-refractivity contribution < 1.29 is 25.2 Å². The first kappa shape index (κ1) is 58.8. The van der Waals surface area contributed by atoms with Gasteiger partial charge in [0, 0.05) is 0 Å². The lowest BCUT2D eigenvalue weighted by atomic mass is 10.00. The van der Waals surface area contributed by atoms with Gasteiger partial charge in [0.1, 0.15) is 12.2 Å². The molecule has 0 aromatic rings. The summed E-state index contributed by atoms with van der Waals surface area (Å²) in [5.74, 6) is -0.596. The summed E-state index contributed by atoms with van der Waals surface area (Å²) in [6.45, 7) is 4.06. The molecule has 0 spiro atoms. The summed E-state index contributed by atoms with van der Waals surface area (Å²) in [7, 11) is 0. The lowest BCUT2D eigenvalue weighted by molar-refractivity contribution is -0.132. The Kier molecular flexibility index (Phi) is 47.8. The van der Waals surface area contributed by atoms with Gasteiger partial charge < -0.3 is 25.7 Å². The van der Waals surface area contributed by atoms with E-state index in [2.05, 4.69) is 43.5 Å². The van der Waals surface area contributed by atoms with Crippen LogP contribution in [0.2, 0.25) is 0 Å². The van der Waals surface area contributed by atoms with E-state index in [0.29, 0.717) is 12.8 Å². The van der Waals surface area contributed by atoms with Crippen LogP contribution in [-0.2, 0) is 4.79 Å². The Hall–Kier alpha value is -1.21. The number of amides is 1. The topological polar surface area (TPSA) is 110 Å². The molecule has 0 aliphatic carbocycles. The van der Waals surface area contributed by atoms with Crippen molar-refractivity contribution in [1.29, 1.82) is 0 Å². The molecule has 0 aromatic heterocycles. The first-order valence-electron chi connectivity index (χ1n) is 26.7. The van der Waals surface area contributed by atoms with E-state index in [1.807, 2.05) is 0 Å². The molecule has 0 saturated heterocycles. The van der Waals surface area contributed by atoms with Gasteiger partial charge in [-0.3, -0.25) is 4.79 Å². The summed E-state index contributed by atoms with van der Waals surface area (Å²) in [4.78, 5) is 12.5. The van der Waals surface area contributed by atoms with E-state index in [1.165, 1.54) is 212 Å². The number of aliphatic hydroxyl groups is 4. The zero-order valence-electron chi connectivity index (χ0n) is 40.2. The average molecular weight is 848 g/mol. The SMILES string of the molecule is CCCCCCCC/C=C\CCCCCCCCC(O)C(=O)NC(CO)C(O)C(O)CCC/C=C/CCCCCCCCCCCCCCCCCCCCCCCCC. The molecule has 0 aliphatic rings. The molecule has 60 heavy (non-hydrogen) atoms. The fourth-order valence-corrected chi connectivity index (χ4v) is 8.40. The predicted octanol–water partition coefficient (Wildman–Crippen LogP) is 15.1. The van der Waals surface area contributed by atoms with Crippen LogP contribution >= 0.6 is 0 Å². The highest BCUT2D eigenvalue weighted by Gasteiger charge is 2.28. The Labute approximate surface area is 374 Å². The van der Waals surface area contributed by atoms with Crippen LogP contribution in [0.3, 0.4) is 0 Å². The summed E-state index contributed by atoms with van der Waals surface area (Å²) < 4.78 is 0. The maximum Gasteiger partial charge on any atom is 0.249 e. The Morgan fingerprint density at radius 3 is 1.00 bits per heavy atom. The maximum atomic E-state index is 12.5. The quantitative estimate of drug-likeness (QED) is 0.0309. The number of rotatable bonds is 49. The average Bonchev–Trinajstić information content (AvgIpc) is 3.25. The number of hydrogen-bond acceptors (Lipinski definition) is 5. The molecule has 356 valence electrons. The molecule has 0 aliphatic heterocycles. The van der Waals surface area contributed by atoms with Crippen LogP contribution < -0.4 is 5.32 Å². The van der Waals surface area contributed by atoms with E-state index in [9.17, 15) is 25.2 Å². The van der Waals surface area contributed by atoms with E-state index in [0.717, 1.165) is 44.9 Å². The van der Waals surface area contributed by atoms with Crippen molar-refractivity contribution in [3.05, 3.63) is 24.3 Å². The lowest BCUT2D eigenvalue weighted by Gasteiger charge is -2.27. The Morgan fingerprint density at radius 2 is 0.683 bits per heavy atom. The number of carbonyl (C=O) groups excluding carboxylic acids is 1. The summed E-state index contributed by atoms with van der Waals surface area (Å²) >= 11 is 0. The van der Waals surface area contributed by atoms with E-state index in [1.54, 1.807) is 0 Å². The Bertz CT molecular complexity index is 909. The van der Waals surface area contributed by atoms with Gasteiger partial charge in [-0.1, -0.05) is 244 Å². The van der Waals surface area contributed by atoms with E-state index < -0.39 is 36.9 Å². The van der Waals surface area contributed by atoms with Gasteiger partial charge in [0.15, 0.2) is 0 Å². The molecule has 4 atom stereocenters. The zero-order valence-corrected chi connectivity index (χ0v) is 40.2. The summed E-state index contributed by atoms with van der Waals surface area (Å²) in [5, 5.41) is 43.8. The smallest absolute Gasteiger partial charge is 0.249 e. The van der Waals surface area contributed by atoms with Crippen molar-refractivity contribution in [2.75, 3.05) is 6.61 Å². The van der Waals surface area contributed by atoms with Crippen LogP contribution in [-0.4, -0.2) is 57.3 Å². The van der Waals surface area contributed by atoms with Gasteiger partial charge in [0.25, 0.3) is 0 Å². The Balaban J connectivity index is 3.65. The number of allylic oxidation sites excluding steroid dienone is 4. The molecule has 4 unspecified atom stereocenters. The second-order valence-electron chi connectivity index (χ2n) is 18.6. The molecule has 6 nitrogen and oxygen atoms in total. The molecule has 6 heteroatoms. The molecule has 0 heterocycles. The number of nitrogens with one attached hydrogen (secondary N) is 1. The third kappa shape index (κ3) is 42.1. The number of carbonyl (C=O) groups is 1. The molecule has 5 N–H and O–H groups in total. The summed E-state index contributed by atoms with van der Waals surface area (Å²) in [6, 6.07) is -1.00. The fraction of sp³-hybridized carbons (Fsp3) is 0.907. The molecular weight excluding hydrogens is 743 g/mol. The third-order valence-electron chi connectivity index (χ3n) is 12.6. The van der Waals surface area contributed by atoms with Crippen LogP contribution in [0.1, 0.15) is 284 Å². The minimum absolute atomic E-state index is 0.357. The zero-order chi connectivity index (χ0) is 43.8. The van der Waals surface area contributed by atoms with Crippen molar-refractivity contribution in [3.63, 3.8) is 0 Å². The minimum Gasteiger partial charge on any atom is -0.394 e. The van der Waals surface area contributed by atoms with Gasteiger partial charge in [-0.15, -0.1) is 0 Å². The predicted molar refractivity (Wildman–Crippen MR) is 261 cm³/mol. The monoisotopic (exact) mass is 848 g/mol. The molecule has 0 rings (SSSR count). The van der Waals surface area contributed by atoms with E-state index >= 15 is 0 Å². The maximum absolute atomic E-state index is 12.5. The van der Waals surface area contributed by atoms with Crippen LogP contribution in [0, 0.1) is 0 Å². The summed E-state index contributed by atoms with van der Waals surface area (Å²) in [6.07, 6.45) is 58.2. The number of hydrogen-bond donors (Lipinski definition) is 5. The standard InChI is InChI=1S/C54H105NO5/c1-3-5-7-9-11-13-15-17-19-21-22-23-24-25-26-27-28-29-30-31-32-34-35-37-39-41-43-45-47-51(57)53(59)50(49-56)55-54(60)52(58)48-46-44-42-40-38-36-33-20-18-16-14-12-10-8-6-4-2/h18,20,39,41,50-53,56-59H,3-17,19,21-38,40,42-49H2,1-2H3,(H,55,60)/b20-18-,41-39+. The highest BCUT2D eigenvalue weighted by molar-refractivity contribution is 5.80. The van der Waals surface area contributed by atoms with Crippen molar-refractivity contribution in [2.24, 2.45) is 0 Å². The van der Waals surface area contributed by atoms with E-state index in [4.69, 9.17) is 0 Å². The number of aliphatic hydroxyl groups excluding tert-OH is 4. The van der Waals surface area contributed by atoms with Gasteiger partial charge in [-0.2, -0.15) is 0 Å². The molecular formula is C54H105NO5. The molecule has 0 aromatic carbocycles. The van der Waals surface area contributed by atoms with Crippen LogP contribution in [0.5, 0.6) is 0 Å². The van der Waals surface area contributed by atoms with Crippen LogP contribution in [0.15, 0.2) is 24.3 Å². The van der Waals surface area contributed by atoms with Gasteiger partial charge in [-0.05, 0) is 64.2 Å². The largest absolute Gasteiger partial charge is 0.394 e. The summed E-state index contributed by atoms with van der Waals surface area (Å²) in [5.41, 5.74) is 0. The van der Waals surface area contributed by atoms with Gasteiger partial charge in [0.2, 0.25) is 5.91 Å². The molecule has 0 bridgehead atoms. The van der Waals surface area contributed by atoms with Crippen LogP contribution in [0.25, 0.3) is 0 Å². The second-order valence-corrected chi connectivity index (χ2v) is 18.6. The first-order chi connectivity index (χ1) is 29.5. The van der Waals surface area contributed by atoms with Crippen molar-refractivity contribution in [1.82, 2.24) is 5.32 Å². The van der Waals surface area contributed by atoms with Gasteiger partial charge >= 0.3 is 0 Å². The normalized spacial score (nSPS) is 14.0. The molecule has 1 amide bonds. The van der Waals surface area contributed by atoms with Crippen molar-refractivity contribution in [3.8, 4) is 0 Å². The molecule has 0 fully saturated rings. The van der Waals surface area contributed by atoms with E-state index in [-0.39, 0.29) is 0 Å². The van der Waals surface area contributed by atoms with Gasteiger partial charge in [-0.25, -0.2) is 0 Å². The van der Waals surface area contributed by atoms with Crippen LogP contribution in [0.4, 0.5) is 0 Å². The van der Waals surface area contributed by atoms with Gasteiger partial charge in [0.05, 0.1) is 18.8 Å². The first-order valence-corrected chi connectivity index (χ1v) is 26.7. The lowest BCUT2D eigenvalue weighted by Crippen LogP contribution is -2.53. The third-order valence-corrected chi connectivity index (χ3v) is 12.6. The Morgan fingerprint density at radius 1 is 0.400 bits per heavy atom. The molecule has 0 saturated carbocycles.